The third kappa shape index (κ3) is 3.47. The van der Waals surface area contributed by atoms with Crippen LogP contribution in [0.2, 0.25) is 0 Å². The van der Waals surface area contributed by atoms with E-state index in [1.165, 1.54) is 36.9 Å². The van der Waals surface area contributed by atoms with Gasteiger partial charge in [0.1, 0.15) is 0 Å². The van der Waals surface area contributed by atoms with E-state index in [1.54, 1.807) is 0 Å². The van der Waals surface area contributed by atoms with Crippen LogP contribution in [0.5, 0.6) is 0 Å². The molecule has 3 nitrogen and oxygen atoms in total. The lowest BCUT2D eigenvalue weighted by molar-refractivity contribution is 0.522. The molecule has 21 heavy (non-hydrogen) atoms. The van der Waals surface area contributed by atoms with Crippen LogP contribution in [0.25, 0.3) is 5.69 Å². The van der Waals surface area contributed by atoms with Gasteiger partial charge in [-0.2, -0.15) is 5.10 Å². The highest BCUT2D eigenvalue weighted by molar-refractivity contribution is 5.85. The fourth-order valence-corrected chi connectivity index (χ4v) is 3.13. The summed E-state index contributed by atoms with van der Waals surface area (Å²) >= 11 is 0. The second-order valence-corrected chi connectivity index (χ2v) is 5.76. The molecule has 1 aliphatic rings. The number of benzene rings is 1. The minimum Gasteiger partial charge on any atom is -0.310 e. The number of para-hydroxylation sites is 1. The Labute approximate surface area is 133 Å². The zero-order valence-electron chi connectivity index (χ0n) is 12.8. The molecule has 1 aromatic heterocycles. The first-order valence-electron chi connectivity index (χ1n) is 7.59. The smallest absolute Gasteiger partial charge is 0.0648 e. The maximum atomic E-state index is 4.70. The lowest BCUT2D eigenvalue weighted by Crippen LogP contribution is -2.25. The molecule has 1 heterocycles. The number of rotatable bonds is 4. The molecular weight excluding hydrogens is 282 g/mol. The first-order valence-corrected chi connectivity index (χ1v) is 7.59. The van der Waals surface area contributed by atoms with Crippen molar-refractivity contribution in [2.45, 2.75) is 52.1 Å². The van der Waals surface area contributed by atoms with Gasteiger partial charge in [-0.3, -0.25) is 0 Å². The molecule has 0 amide bonds. The summed E-state index contributed by atoms with van der Waals surface area (Å²) in [6, 6.07) is 11.1. The molecule has 1 fully saturated rings. The number of nitrogens with one attached hydrogen (secondary N) is 1. The quantitative estimate of drug-likeness (QED) is 0.927. The summed E-state index contributed by atoms with van der Waals surface area (Å²) in [4.78, 5) is 0. The van der Waals surface area contributed by atoms with Crippen molar-refractivity contribution in [2.24, 2.45) is 0 Å². The molecule has 1 saturated carbocycles. The van der Waals surface area contributed by atoms with Crippen molar-refractivity contribution in [1.29, 1.82) is 0 Å². The molecule has 0 aliphatic heterocycles. The van der Waals surface area contributed by atoms with E-state index < -0.39 is 0 Å². The maximum Gasteiger partial charge on any atom is 0.0648 e. The van der Waals surface area contributed by atoms with Gasteiger partial charge in [0.05, 0.1) is 11.4 Å². The van der Waals surface area contributed by atoms with Crippen LogP contribution < -0.4 is 5.32 Å². The van der Waals surface area contributed by atoms with Crippen LogP contribution in [-0.2, 0) is 6.54 Å². The average Bonchev–Trinajstić information content (AvgIpc) is 3.07. The third-order valence-electron chi connectivity index (χ3n) is 4.36. The van der Waals surface area contributed by atoms with E-state index >= 15 is 0 Å². The predicted octanol–water partition coefficient (Wildman–Crippen LogP) is 3.94. The number of aryl methyl sites for hydroxylation is 1. The second kappa shape index (κ2) is 7.10. The van der Waals surface area contributed by atoms with Crippen molar-refractivity contribution in [3.63, 3.8) is 0 Å². The molecule has 4 heteroatoms. The van der Waals surface area contributed by atoms with E-state index in [0.717, 1.165) is 17.9 Å². The lowest BCUT2D eigenvalue weighted by atomic mass is 10.1. The van der Waals surface area contributed by atoms with E-state index in [0.29, 0.717) is 6.04 Å². The lowest BCUT2D eigenvalue weighted by Gasteiger charge is -2.12. The minimum atomic E-state index is 0. The Balaban J connectivity index is 0.00000161. The second-order valence-electron chi connectivity index (χ2n) is 5.76. The fourth-order valence-electron chi connectivity index (χ4n) is 3.13. The molecule has 3 rings (SSSR count). The Hall–Kier alpha value is -1.32. The van der Waals surface area contributed by atoms with Gasteiger partial charge in [0.2, 0.25) is 0 Å². The first kappa shape index (κ1) is 16.1. The molecule has 0 spiro atoms. The van der Waals surface area contributed by atoms with Gasteiger partial charge in [0.15, 0.2) is 0 Å². The fraction of sp³-hybridized carbons (Fsp3) is 0.471. The number of aromatic nitrogens is 2. The Kier molecular flexibility index (Phi) is 5.43. The molecule has 1 aromatic carbocycles. The van der Waals surface area contributed by atoms with Crippen molar-refractivity contribution in [3.05, 3.63) is 47.3 Å². The van der Waals surface area contributed by atoms with Crippen molar-refractivity contribution < 1.29 is 0 Å². The van der Waals surface area contributed by atoms with Crippen molar-refractivity contribution in [2.75, 3.05) is 0 Å². The minimum absolute atomic E-state index is 0. The average molecular weight is 306 g/mol. The monoisotopic (exact) mass is 305 g/mol. The van der Waals surface area contributed by atoms with Crippen LogP contribution in [0.15, 0.2) is 30.3 Å². The topological polar surface area (TPSA) is 29.9 Å². The summed E-state index contributed by atoms with van der Waals surface area (Å²) in [5.74, 6) is 0. The van der Waals surface area contributed by atoms with Gasteiger partial charge in [0.25, 0.3) is 0 Å². The van der Waals surface area contributed by atoms with Gasteiger partial charge in [0, 0.05) is 23.8 Å². The highest BCUT2D eigenvalue weighted by Crippen LogP contribution is 2.21. The standard InChI is InChI=1S/C17H23N3.ClH/c1-13-17(12-18-15-8-6-7-9-15)14(2)20(19-13)16-10-4-3-5-11-16;/h3-5,10-11,15,18H,6-9,12H2,1-2H3;1H. The summed E-state index contributed by atoms with van der Waals surface area (Å²) in [6.07, 6.45) is 5.40. The molecule has 1 aliphatic carbocycles. The van der Waals surface area contributed by atoms with Gasteiger partial charge in [-0.15, -0.1) is 12.4 Å². The van der Waals surface area contributed by atoms with Gasteiger partial charge in [-0.05, 0) is 38.8 Å². The predicted molar refractivity (Wildman–Crippen MR) is 89.4 cm³/mol. The van der Waals surface area contributed by atoms with Crippen molar-refractivity contribution in [1.82, 2.24) is 15.1 Å². The van der Waals surface area contributed by atoms with Gasteiger partial charge < -0.3 is 5.32 Å². The molecular formula is C17H24ClN3. The van der Waals surface area contributed by atoms with E-state index in [-0.39, 0.29) is 12.4 Å². The van der Waals surface area contributed by atoms with Crippen molar-refractivity contribution >= 4 is 12.4 Å². The van der Waals surface area contributed by atoms with E-state index in [1.807, 2.05) is 6.07 Å². The Morgan fingerprint density at radius 2 is 1.81 bits per heavy atom. The largest absolute Gasteiger partial charge is 0.310 e. The number of nitrogens with zero attached hydrogens (tertiary/aromatic N) is 2. The molecule has 0 bridgehead atoms. The van der Waals surface area contributed by atoms with Crippen molar-refractivity contribution in [3.8, 4) is 5.69 Å². The van der Waals surface area contributed by atoms with Gasteiger partial charge in [-0.25, -0.2) is 4.68 Å². The van der Waals surface area contributed by atoms with Crippen LogP contribution >= 0.6 is 12.4 Å². The third-order valence-corrected chi connectivity index (χ3v) is 4.36. The van der Waals surface area contributed by atoms with E-state index in [2.05, 4.69) is 48.1 Å². The van der Waals surface area contributed by atoms with Gasteiger partial charge >= 0.3 is 0 Å². The van der Waals surface area contributed by atoms with E-state index in [4.69, 9.17) is 5.10 Å². The highest BCUT2D eigenvalue weighted by atomic mass is 35.5. The normalized spacial score (nSPS) is 15.1. The molecule has 0 atom stereocenters. The molecule has 0 radical (unpaired) electrons. The molecule has 0 unspecified atom stereocenters. The highest BCUT2D eigenvalue weighted by Gasteiger charge is 2.17. The first-order chi connectivity index (χ1) is 9.75. The molecule has 0 saturated heterocycles. The molecule has 114 valence electrons. The van der Waals surface area contributed by atoms with Gasteiger partial charge in [-0.1, -0.05) is 31.0 Å². The Morgan fingerprint density at radius 3 is 2.48 bits per heavy atom. The summed E-state index contributed by atoms with van der Waals surface area (Å²) in [7, 11) is 0. The zero-order chi connectivity index (χ0) is 13.9. The summed E-state index contributed by atoms with van der Waals surface area (Å²) < 4.78 is 2.06. The summed E-state index contributed by atoms with van der Waals surface area (Å²) in [6.45, 7) is 5.21. The summed E-state index contributed by atoms with van der Waals surface area (Å²) in [5, 5.41) is 8.39. The SMILES string of the molecule is Cc1nn(-c2ccccc2)c(C)c1CNC1CCCC1.Cl. The van der Waals surface area contributed by atoms with Crippen LogP contribution in [0.1, 0.15) is 42.6 Å². The van der Waals surface area contributed by atoms with E-state index in [9.17, 15) is 0 Å². The maximum absolute atomic E-state index is 4.70. The van der Waals surface area contributed by atoms with Crippen LogP contribution in [-0.4, -0.2) is 15.8 Å². The number of hydrogen-bond acceptors (Lipinski definition) is 2. The van der Waals surface area contributed by atoms with Crippen LogP contribution in [0.4, 0.5) is 0 Å². The molecule has 1 N–H and O–H groups in total. The zero-order valence-corrected chi connectivity index (χ0v) is 13.6. The Bertz CT molecular complexity index is 571. The van der Waals surface area contributed by atoms with Crippen LogP contribution in [0, 0.1) is 13.8 Å². The van der Waals surface area contributed by atoms with Crippen LogP contribution in [0.3, 0.4) is 0 Å². The summed E-state index contributed by atoms with van der Waals surface area (Å²) in [5.41, 5.74) is 4.87. The number of hydrogen-bond donors (Lipinski definition) is 1. The number of halogens is 1. The Morgan fingerprint density at radius 1 is 1.14 bits per heavy atom. The molecule has 2 aromatic rings.